The van der Waals surface area contributed by atoms with Crippen LogP contribution in [0.5, 0.6) is 11.5 Å². The Morgan fingerprint density at radius 3 is 2.64 bits per heavy atom. The third-order valence-electron chi connectivity index (χ3n) is 3.20. The van der Waals surface area contributed by atoms with Crippen molar-refractivity contribution in [3.8, 4) is 11.5 Å². The van der Waals surface area contributed by atoms with Crippen molar-refractivity contribution in [3.63, 3.8) is 0 Å². The number of hydrogen-bond donors (Lipinski definition) is 1. The van der Waals surface area contributed by atoms with Gasteiger partial charge in [-0.15, -0.1) is 0 Å². The summed E-state index contributed by atoms with van der Waals surface area (Å²) in [5, 5.41) is 0.268. The molecule has 0 unspecified atom stereocenters. The van der Waals surface area contributed by atoms with Gasteiger partial charge in [-0.2, -0.15) is 0 Å². The molecule has 0 bridgehead atoms. The second-order valence-electron chi connectivity index (χ2n) is 4.65. The molecule has 5 nitrogen and oxygen atoms in total. The Bertz CT molecular complexity index is 745. The van der Waals surface area contributed by atoms with E-state index in [0.717, 1.165) is 5.56 Å². The number of carbonyl (C=O) groups excluding carboxylic acids is 1. The number of anilines is 1. The second kappa shape index (κ2) is 6.07. The van der Waals surface area contributed by atoms with Crippen molar-refractivity contribution >= 4 is 29.1 Å². The van der Waals surface area contributed by atoms with E-state index < -0.39 is 0 Å². The lowest BCUT2D eigenvalue weighted by Gasteiger charge is -2.22. The van der Waals surface area contributed by atoms with E-state index in [1.54, 1.807) is 30.6 Å². The van der Waals surface area contributed by atoms with Crippen molar-refractivity contribution in [1.82, 2.24) is 4.98 Å². The van der Waals surface area contributed by atoms with Crippen molar-refractivity contribution < 1.29 is 14.3 Å². The monoisotopic (exact) mass is 316 g/mol. The number of hydrogen-bond acceptors (Lipinski definition) is 5. The van der Waals surface area contributed by atoms with Crippen LogP contribution in [0.25, 0.3) is 6.08 Å². The van der Waals surface area contributed by atoms with Gasteiger partial charge >= 0.3 is 0 Å². The van der Waals surface area contributed by atoms with Gasteiger partial charge in [-0.1, -0.05) is 17.7 Å². The van der Waals surface area contributed by atoms with Gasteiger partial charge in [0.2, 0.25) is 0 Å². The summed E-state index contributed by atoms with van der Waals surface area (Å²) in [5.41, 5.74) is 7.35. The van der Waals surface area contributed by atoms with E-state index in [-0.39, 0.29) is 16.5 Å². The quantitative estimate of drug-likeness (QED) is 0.535. The molecule has 1 aliphatic rings. The summed E-state index contributed by atoms with van der Waals surface area (Å²) in [7, 11) is 0. The molecule has 22 heavy (non-hydrogen) atoms. The number of nitrogens with two attached hydrogens (primary N) is 1. The standard InChI is InChI=1S/C16H13ClN2O3/c17-12-9-11(15-16(14(12)18)22-8-7-21-15)13(20)2-1-10-3-5-19-6-4-10/h1-6,9H,7-8,18H2/b2-1+. The van der Waals surface area contributed by atoms with Gasteiger partial charge in [0.05, 0.1) is 16.3 Å². The predicted molar refractivity (Wildman–Crippen MR) is 84.5 cm³/mol. The van der Waals surface area contributed by atoms with Crippen molar-refractivity contribution in [2.45, 2.75) is 0 Å². The zero-order valence-corrected chi connectivity index (χ0v) is 12.3. The average molecular weight is 317 g/mol. The van der Waals surface area contributed by atoms with Crippen LogP contribution in [-0.4, -0.2) is 24.0 Å². The first-order valence-electron chi connectivity index (χ1n) is 6.67. The molecular weight excluding hydrogens is 304 g/mol. The smallest absolute Gasteiger partial charge is 0.189 e. The number of pyridine rings is 1. The number of nitrogen functional groups attached to an aromatic ring is 1. The molecule has 1 aromatic carbocycles. The first-order chi connectivity index (χ1) is 10.7. The van der Waals surface area contributed by atoms with Crippen LogP contribution in [0.2, 0.25) is 5.02 Å². The maximum absolute atomic E-state index is 12.4. The summed E-state index contributed by atoms with van der Waals surface area (Å²) in [6.45, 7) is 0.737. The summed E-state index contributed by atoms with van der Waals surface area (Å²) >= 11 is 6.07. The highest BCUT2D eigenvalue weighted by Crippen LogP contribution is 2.43. The fourth-order valence-electron chi connectivity index (χ4n) is 2.12. The predicted octanol–water partition coefficient (Wildman–Crippen LogP) is 2.98. The molecule has 2 N–H and O–H groups in total. The molecular formula is C16H13ClN2O3. The maximum atomic E-state index is 12.4. The fraction of sp³-hybridized carbons (Fsp3) is 0.125. The molecule has 2 heterocycles. The lowest BCUT2D eigenvalue weighted by atomic mass is 10.1. The SMILES string of the molecule is Nc1c(Cl)cc(C(=O)/C=C/c2ccncc2)c2c1OCCO2. The number of nitrogens with zero attached hydrogens (tertiary/aromatic N) is 1. The zero-order chi connectivity index (χ0) is 15.5. The van der Waals surface area contributed by atoms with Crippen LogP contribution in [0, 0.1) is 0 Å². The average Bonchev–Trinajstić information content (AvgIpc) is 2.57. The van der Waals surface area contributed by atoms with Crippen LogP contribution in [-0.2, 0) is 0 Å². The van der Waals surface area contributed by atoms with Crippen molar-refractivity contribution in [2.75, 3.05) is 18.9 Å². The molecule has 0 saturated heterocycles. The number of halogens is 1. The lowest BCUT2D eigenvalue weighted by Crippen LogP contribution is -2.19. The second-order valence-corrected chi connectivity index (χ2v) is 5.06. The molecule has 0 fully saturated rings. The lowest BCUT2D eigenvalue weighted by molar-refractivity contribution is 0.103. The van der Waals surface area contributed by atoms with E-state index in [9.17, 15) is 4.79 Å². The number of carbonyl (C=O) groups is 1. The molecule has 0 spiro atoms. The summed E-state index contributed by atoms with van der Waals surface area (Å²) in [5.74, 6) is 0.442. The Labute approximate surface area is 132 Å². The van der Waals surface area contributed by atoms with E-state index in [0.29, 0.717) is 30.3 Å². The number of fused-ring (bicyclic) bond motifs is 1. The Kier molecular flexibility index (Phi) is 3.98. The molecule has 0 atom stereocenters. The summed E-state index contributed by atoms with van der Waals surface area (Å²) < 4.78 is 11.0. The van der Waals surface area contributed by atoms with E-state index in [2.05, 4.69) is 4.98 Å². The summed E-state index contributed by atoms with van der Waals surface area (Å²) in [6.07, 6.45) is 6.46. The number of rotatable bonds is 3. The Morgan fingerprint density at radius 2 is 1.91 bits per heavy atom. The molecule has 2 aromatic rings. The minimum absolute atomic E-state index is 0.236. The molecule has 0 radical (unpaired) electrons. The molecule has 6 heteroatoms. The van der Waals surface area contributed by atoms with Gasteiger partial charge in [-0.3, -0.25) is 9.78 Å². The highest BCUT2D eigenvalue weighted by molar-refractivity contribution is 6.34. The van der Waals surface area contributed by atoms with Crippen molar-refractivity contribution in [1.29, 1.82) is 0 Å². The first-order valence-corrected chi connectivity index (χ1v) is 7.04. The van der Waals surface area contributed by atoms with E-state index in [1.807, 2.05) is 0 Å². The number of ether oxygens (including phenoxy) is 2. The van der Waals surface area contributed by atoms with Crippen LogP contribution in [0.3, 0.4) is 0 Å². The van der Waals surface area contributed by atoms with Crippen LogP contribution in [0.1, 0.15) is 15.9 Å². The number of ketones is 1. The van der Waals surface area contributed by atoms with E-state index >= 15 is 0 Å². The van der Waals surface area contributed by atoms with E-state index in [4.69, 9.17) is 26.8 Å². The van der Waals surface area contributed by atoms with Crippen LogP contribution < -0.4 is 15.2 Å². The molecule has 0 saturated carbocycles. The Morgan fingerprint density at radius 1 is 1.23 bits per heavy atom. The van der Waals surface area contributed by atoms with Crippen LogP contribution >= 0.6 is 11.6 Å². The topological polar surface area (TPSA) is 74.4 Å². The van der Waals surface area contributed by atoms with Crippen LogP contribution in [0.15, 0.2) is 36.7 Å². The van der Waals surface area contributed by atoms with Gasteiger partial charge < -0.3 is 15.2 Å². The number of aromatic nitrogens is 1. The molecule has 0 amide bonds. The van der Waals surface area contributed by atoms with Gasteiger partial charge in [0.1, 0.15) is 13.2 Å². The summed E-state index contributed by atoms with van der Waals surface area (Å²) in [6, 6.07) is 5.10. The normalized spacial score (nSPS) is 13.3. The molecule has 0 aliphatic carbocycles. The molecule has 1 aromatic heterocycles. The van der Waals surface area contributed by atoms with Gasteiger partial charge in [-0.05, 0) is 29.8 Å². The fourth-order valence-corrected chi connectivity index (χ4v) is 2.31. The zero-order valence-electron chi connectivity index (χ0n) is 11.6. The first kappa shape index (κ1) is 14.4. The minimum atomic E-state index is -0.236. The van der Waals surface area contributed by atoms with E-state index in [1.165, 1.54) is 12.1 Å². The molecule has 1 aliphatic heterocycles. The van der Waals surface area contributed by atoms with Gasteiger partial charge in [0.15, 0.2) is 17.3 Å². The van der Waals surface area contributed by atoms with Crippen LogP contribution in [0.4, 0.5) is 5.69 Å². The Hall–Kier alpha value is -2.53. The van der Waals surface area contributed by atoms with Crippen molar-refractivity contribution in [3.05, 3.63) is 52.8 Å². The largest absolute Gasteiger partial charge is 0.485 e. The minimum Gasteiger partial charge on any atom is -0.485 e. The number of allylic oxidation sites excluding steroid dienone is 1. The third-order valence-corrected chi connectivity index (χ3v) is 3.51. The van der Waals surface area contributed by atoms with Gasteiger partial charge in [0, 0.05) is 12.4 Å². The summed E-state index contributed by atoms with van der Waals surface area (Å²) in [4.78, 5) is 16.3. The number of benzene rings is 1. The maximum Gasteiger partial charge on any atom is 0.189 e. The molecule has 3 rings (SSSR count). The third kappa shape index (κ3) is 2.76. The van der Waals surface area contributed by atoms with Crippen molar-refractivity contribution in [2.24, 2.45) is 0 Å². The van der Waals surface area contributed by atoms with Gasteiger partial charge in [-0.25, -0.2) is 0 Å². The van der Waals surface area contributed by atoms with Gasteiger partial charge in [0.25, 0.3) is 0 Å². The molecule has 112 valence electrons. The highest BCUT2D eigenvalue weighted by Gasteiger charge is 2.24. The Balaban J connectivity index is 1.96. The highest BCUT2D eigenvalue weighted by atomic mass is 35.5.